The van der Waals surface area contributed by atoms with Gasteiger partial charge in [-0.2, -0.15) is 0 Å². The van der Waals surface area contributed by atoms with Gasteiger partial charge in [0, 0.05) is 12.0 Å². The molecule has 5 heteroatoms. The van der Waals surface area contributed by atoms with E-state index in [0.717, 1.165) is 15.7 Å². The van der Waals surface area contributed by atoms with E-state index >= 15 is 0 Å². The highest BCUT2D eigenvalue weighted by Crippen LogP contribution is 2.37. The molecule has 1 aromatic carbocycles. The molecule has 0 spiro atoms. The van der Waals surface area contributed by atoms with Crippen molar-refractivity contribution in [1.29, 1.82) is 0 Å². The topological polar surface area (TPSA) is 36.4 Å². The first-order chi connectivity index (χ1) is 9.88. The number of hydrogen-bond acceptors (Lipinski definition) is 4. The molecule has 2 rings (SSSR count). The summed E-state index contributed by atoms with van der Waals surface area (Å²) in [7, 11) is 0. The van der Waals surface area contributed by atoms with Crippen molar-refractivity contribution >= 4 is 22.2 Å². The van der Waals surface area contributed by atoms with Crippen molar-refractivity contribution in [2.24, 2.45) is 0 Å². The van der Waals surface area contributed by atoms with E-state index in [4.69, 9.17) is 0 Å². The SMILES string of the molecule is CCN(c1nc(C(C)(C)C)c(CO)s1)c1ccccc1F. The maximum absolute atomic E-state index is 14.0. The van der Waals surface area contributed by atoms with Crippen LogP contribution in [0, 0.1) is 5.82 Å². The van der Waals surface area contributed by atoms with Crippen LogP contribution in [0.2, 0.25) is 0 Å². The molecule has 0 aliphatic rings. The molecule has 21 heavy (non-hydrogen) atoms. The monoisotopic (exact) mass is 308 g/mol. The van der Waals surface area contributed by atoms with Crippen molar-refractivity contribution in [2.45, 2.75) is 39.7 Å². The summed E-state index contributed by atoms with van der Waals surface area (Å²) in [6, 6.07) is 6.68. The fourth-order valence-corrected chi connectivity index (χ4v) is 3.44. The molecule has 0 aliphatic carbocycles. The molecule has 1 heterocycles. The van der Waals surface area contributed by atoms with Gasteiger partial charge in [0.25, 0.3) is 0 Å². The highest BCUT2D eigenvalue weighted by Gasteiger charge is 2.25. The zero-order chi connectivity index (χ0) is 15.6. The average Bonchev–Trinajstić information content (AvgIpc) is 2.86. The summed E-state index contributed by atoms with van der Waals surface area (Å²) in [6.45, 7) is 8.71. The van der Waals surface area contributed by atoms with Crippen molar-refractivity contribution in [1.82, 2.24) is 4.98 Å². The third-order valence-electron chi connectivity index (χ3n) is 3.23. The first-order valence-electron chi connectivity index (χ1n) is 7.01. The molecule has 0 saturated heterocycles. The summed E-state index contributed by atoms with van der Waals surface area (Å²) in [5.41, 5.74) is 1.24. The molecule has 0 amide bonds. The molecule has 0 aliphatic heterocycles. The van der Waals surface area contributed by atoms with E-state index < -0.39 is 0 Å². The smallest absolute Gasteiger partial charge is 0.190 e. The van der Waals surface area contributed by atoms with Crippen molar-refractivity contribution < 1.29 is 9.50 Å². The molecule has 0 radical (unpaired) electrons. The zero-order valence-corrected chi connectivity index (χ0v) is 13.7. The Morgan fingerprint density at radius 1 is 1.29 bits per heavy atom. The van der Waals surface area contributed by atoms with Gasteiger partial charge in [0.05, 0.1) is 22.9 Å². The lowest BCUT2D eigenvalue weighted by atomic mass is 9.91. The number of benzene rings is 1. The summed E-state index contributed by atoms with van der Waals surface area (Å²) in [5, 5.41) is 10.3. The van der Waals surface area contributed by atoms with E-state index in [1.54, 1.807) is 12.1 Å². The van der Waals surface area contributed by atoms with Gasteiger partial charge >= 0.3 is 0 Å². The van der Waals surface area contributed by atoms with Crippen LogP contribution in [0.4, 0.5) is 15.2 Å². The van der Waals surface area contributed by atoms with Gasteiger partial charge in [0.15, 0.2) is 5.13 Å². The lowest BCUT2D eigenvalue weighted by molar-refractivity contribution is 0.282. The Morgan fingerprint density at radius 2 is 1.95 bits per heavy atom. The third-order valence-corrected chi connectivity index (χ3v) is 4.29. The molecular formula is C16H21FN2OS. The summed E-state index contributed by atoms with van der Waals surface area (Å²) < 4.78 is 14.0. The minimum atomic E-state index is -0.266. The number of para-hydroxylation sites is 1. The molecule has 1 aromatic heterocycles. The lowest BCUT2D eigenvalue weighted by Gasteiger charge is -2.21. The molecule has 0 atom stereocenters. The Labute approximate surface area is 129 Å². The fraction of sp³-hybridized carbons (Fsp3) is 0.438. The summed E-state index contributed by atoms with van der Waals surface area (Å²) in [4.78, 5) is 7.34. The zero-order valence-electron chi connectivity index (χ0n) is 12.9. The van der Waals surface area contributed by atoms with Crippen LogP contribution in [0.25, 0.3) is 0 Å². The van der Waals surface area contributed by atoms with Gasteiger partial charge in [0.2, 0.25) is 0 Å². The van der Waals surface area contributed by atoms with Gasteiger partial charge in [-0.3, -0.25) is 0 Å². The number of aromatic nitrogens is 1. The predicted molar refractivity (Wildman–Crippen MR) is 85.8 cm³/mol. The normalized spacial score (nSPS) is 11.7. The van der Waals surface area contributed by atoms with Crippen LogP contribution in [0.3, 0.4) is 0 Å². The van der Waals surface area contributed by atoms with Gasteiger partial charge in [-0.25, -0.2) is 9.37 Å². The number of aliphatic hydroxyl groups is 1. The lowest BCUT2D eigenvalue weighted by Crippen LogP contribution is -2.18. The largest absolute Gasteiger partial charge is 0.391 e. The maximum Gasteiger partial charge on any atom is 0.190 e. The van der Waals surface area contributed by atoms with Crippen LogP contribution in [0.15, 0.2) is 24.3 Å². The Morgan fingerprint density at radius 3 is 2.43 bits per heavy atom. The van der Waals surface area contributed by atoms with Crippen LogP contribution in [0.1, 0.15) is 38.3 Å². The predicted octanol–water partition coefficient (Wildman–Crippen LogP) is 4.23. The first-order valence-corrected chi connectivity index (χ1v) is 7.83. The van der Waals surface area contributed by atoms with Crippen molar-refractivity contribution in [2.75, 3.05) is 11.4 Å². The molecule has 1 N–H and O–H groups in total. The number of nitrogens with zero attached hydrogens (tertiary/aromatic N) is 2. The molecule has 0 saturated carbocycles. The minimum absolute atomic E-state index is 0.0426. The number of aliphatic hydroxyl groups excluding tert-OH is 1. The number of halogens is 1. The highest BCUT2D eigenvalue weighted by atomic mass is 32.1. The molecule has 3 nitrogen and oxygen atoms in total. The Balaban J connectivity index is 2.49. The Hall–Kier alpha value is -1.46. The molecule has 0 bridgehead atoms. The average molecular weight is 308 g/mol. The van der Waals surface area contributed by atoms with Crippen molar-refractivity contribution in [3.8, 4) is 0 Å². The quantitative estimate of drug-likeness (QED) is 0.918. The van der Waals surface area contributed by atoms with E-state index in [0.29, 0.717) is 12.2 Å². The maximum atomic E-state index is 14.0. The molecule has 0 fully saturated rings. The second kappa shape index (κ2) is 6.12. The second-order valence-electron chi connectivity index (χ2n) is 5.87. The fourth-order valence-electron chi connectivity index (χ4n) is 2.23. The molecule has 2 aromatic rings. The minimum Gasteiger partial charge on any atom is -0.391 e. The van der Waals surface area contributed by atoms with Gasteiger partial charge in [0.1, 0.15) is 5.82 Å². The van der Waals surface area contributed by atoms with E-state index in [1.165, 1.54) is 17.4 Å². The van der Waals surface area contributed by atoms with Crippen LogP contribution in [-0.4, -0.2) is 16.6 Å². The summed E-state index contributed by atoms with van der Waals surface area (Å²) >= 11 is 1.42. The van der Waals surface area contributed by atoms with Gasteiger partial charge in [-0.15, -0.1) is 0 Å². The third kappa shape index (κ3) is 3.24. The van der Waals surface area contributed by atoms with Crippen molar-refractivity contribution in [3.05, 3.63) is 40.7 Å². The molecule has 0 unspecified atom stereocenters. The first kappa shape index (κ1) is 15.9. The van der Waals surface area contributed by atoms with Gasteiger partial charge in [-0.1, -0.05) is 44.2 Å². The van der Waals surface area contributed by atoms with E-state index in [2.05, 4.69) is 25.8 Å². The summed E-state index contributed by atoms with van der Waals surface area (Å²) in [6.07, 6.45) is 0. The van der Waals surface area contributed by atoms with E-state index in [1.807, 2.05) is 17.9 Å². The standard InChI is InChI=1S/C16H21FN2OS/c1-5-19(12-9-7-6-8-11(12)17)15-18-14(16(2,3)4)13(10-20)21-15/h6-9,20H,5,10H2,1-4H3. The highest BCUT2D eigenvalue weighted by molar-refractivity contribution is 7.15. The van der Waals surface area contributed by atoms with Crippen molar-refractivity contribution in [3.63, 3.8) is 0 Å². The van der Waals surface area contributed by atoms with E-state index in [-0.39, 0.29) is 17.8 Å². The van der Waals surface area contributed by atoms with E-state index in [9.17, 15) is 9.50 Å². The second-order valence-corrected chi connectivity index (χ2v) is 6.93. The summed E-state index contributed by atoms with van der Waals surface area (Å²) in [5.74, 6) is -0.266. The Bertz CT molecular complexity index is 619. The molecule has 114 valence electrons. The van der Waals surface area contributed by atoms with Gasteiger partial charge in [-0.05, 0) is 19.1 Å². The number of rotatable bonds is 4. The number of hydrogen-bond donors (Lipinski definition) is 1. The van der Waals surface area contributed by atoms with Crippen LogP contribution in [0.5, 0.6) is 0 Å². The number of anilines is 2. The number of thiazole rings is 1. The van der Waals surface area contributed by atoms with Gasteiger partial charge < -0.3 is 10.0 Å². The van der Waals surface area contributed by atoms with Crippen LogP contribution in [-0.2, 0) is 12.0 Å². The van der Waals surface area contributed by atoms with Crippen LogP contribution < -0.4 is 4.90 Å². The molecular weight excluding hydrogens is 287 g/mol. The van der Waals surface area contributed by atoms with Crippen LogP contribution >= 0.6 is 11.3 Å². The Kier molecular flexibility index (Phi) is 4.64.